The fourth-order valence-corrected chi connectivity index (χ4v) is 1.80. The van der Waals surface area contributed by atoms with Gasteiger partial charge in [0.1, 0.15) is 0 Å². The predicted molar refractivity (Wildman–Crippen MR) is 83.2 cm³/mol. The fraction of sp³-hybridized carbons (Fsp3) is 0.429. The van der Waals surface area contributed by atoms with E-state index in [4.69, 9.17) is 16.7 Å². The minimum absolute atomic E-state index is 0.0253. The molecule has 2 amide bonds. The lowest BCUT2D eigenvalue weighted by Gasteiger charge is -2.20. The van der Waals surface area contributed by atoms with Gasteiger partial charge < -0.3 is 20.6 Å². The van der Waals surface area contributed by atoms with Crippen molar-refractivity contribution < 1.29 is 14.7 Å². The molecule has 0 aliphatic carbocycles. The van der Waals surface area contributed by atoms with Gasteiger partial charge in [0.2, 0.25) is 0 Å². The number of nitrogens with one attached hydrogen (secondary N) is 2. The summed E-state index contributed by atoms with van der Waals surface area (Å²) in [4.78, 5) is 24.7. The number of anilines is 1. The molecular formula is C14H20ClN3O3. The van der Waals surface area contributed by atoms with Crippen LogP contribution in [0.1, 0.15) is 24.2 Å². The van der Waals surface area contributed by atoms with E-state index in [0.29, 0.717) is 18.3 Å². The van der Waals surface area contributed by atoms with Crippen LogP contribution in [0.4, 0.5) is 10.5 Å². The lowest BCUT2D eigenvalue weighted by Crippen LogP contribution is -2.37. The first-order valence-corrected chi connectivity index (χ1v) is 6.96. The number of carbonyl (C=O) groups is 2. The number of carbonyl (C=O) groups excluding carboxylic acids is 1. The van der Waals surface area contributed by atoms with Crippen molar-refractivity contribution in [3.05, 3.63) is 28.8 Å². The van der Waals surface area contributed by atoms with E-state index in [2.05, 4.69) is 29.4 Å². The molecule has 0 aliphatic heterocycles. The molecule has 7 heteroatoms. The summed E-state index contributed by atoms with van der Waals surface area (Å²) < 4.78 is 0. The first kappa shape index (κ1) is 17.3. The molecular weight excluding hydrogens is 294 g/mol. The highest BCUT2D eigenvalue weighted by Crippen LogP contribution is 2.19. The zero-order valence-corrected chi connectivity index (χ0v) is 13.1. The van der Waals surface area contributed by atoms with Crippen molar-refractivity contribution in [2.45, 2.75) is 19.9 Å². The zero-order chi connectivity index (χ0) is 16.0. The molecule has 0 aromatic heterocycles. The van der Waals surface area contributed by atoms with Crippen molar-refractivity contribution in [2.75, 3.05) is 25.5 Å². The number of rotatable bonds is 6. The molecule has 0 atom stereocenters. The molecule has 1 aromatic rings. The Morgan fingerprint density at radius 1 is 1.33 bits per heavy atom. The van der Waals surface area contributed by atoms with Crippen LogP contribution in [0.3, 0.4) is 0 Å². The van der Waals surface area contributed by atoms with Crippen molar-refractivity contribution in [2.24, 2.45) is 0 Å². The van der Waals surface area contributed by atoms with Gasteiger partial charge in [-0.1, -0.05) is 11.6 Å². The Balaban J connectivity index is 2.53. The summed E-state index contributed by atoms with van der Waals surface area (Å²) in [7, 11) is 1.97. The molecule has 0 bridgehead atoms. The third-order valence-electron chi connectivity index (χ3n) is 3.03. The van der Waals surface area contributed by atoms with Crippen LogP contribution < -0.4 is 10.6 Å². The first-order valence-electron chi connectivity index (χ1n) is 6.58. The Bertz CT molecular complexity index is 520. The number of carboxylic acids is 1. The second kappa shape index (κ2) is 7.85. The standard InChI is InChI=1S/C14H20ClN3O3/c1-9(2)18(3)5-4-16-14(21)17-12-7-10(13(19)20)6-11(15)8-12/h6-9H,4-5H2,1-3H3,(H,19,20)(H2,16,17,21). The second-order valence-corrected chi connectivity index (χ2v) is 5.43. The third kappa shape index (κ3) is 6.01. The smallest absolute Gasteiger partial charge is 0.335 e. The Morgan fingerprint density at radius 2 is 2.00 bits per heavy atom. The van der Waals surface area contributed by atoms with Gasteiger partial charge in [0.05, 0.1) is 5.56 Å². The van der Waals surface area contributed by atoms with Gasteiger partial charge in [0.25, 0.3) is 0 Å². The van der Waals surface area contributed by atoms with Crippen molar-refractivity contribution in [3.8, 4) is 0 Å². The number of halogens is 1. The maximum Gasteiger partial charge on any atom is 0.335 e. The van der Waals surface area contributed by atoms with Crippen LogP contribution in [0.2, 0.25) is 5.02 Å². The fourth-order valence-electron chi connectivity index (χ4n) is 1.56. The summed E-state index contributed by atoms with van der Waals surface area (Å²) in [5.74, 6) is -1.10. The van der Waals surface area contributed by atoms with Gasteiger partial charge in [-0.2, -0.15) is 0 Å². The highest BCUT2D eigenvalue weighted by molar-refractivity contribution is 6.31. The molecule has 0 saturated carbocycles. The summed E-state index contributed by atoms with van der Waals surface area (Å²) in [6, 6.07) is 4.18. The van der Waals surface area contributed by atoms with Crippen LogP contribution in [0.15, 0.2) is 18.2 Å². The van der Waals surface area contributed by atoms with Crippen molar-refractivity contribution >= 4 is 29.3 Å². The number of nitrogens with zero attached hydrogens (tertiary/aromatic N) is 1. The maximum absolute atomic E-state index is 11.7. The molecule has 0 radical (unpaired) electrons. The molecule has 0 saturated heterocycles. The van der Waals surface area contributed by atoms with Crippen LogP contribution in [0.25, 0.3) is 0 Å². The van der Waals surface area contributed by atoms with Crippen LogP contribution in [0.5, 0.6) is 0 Å². The number of amides is 2. The van der Waals surface area contributed by atoms with Gasteiger partial charge in [-0.25, -0.2) is 9.59 Å². The SMILES string of the molecule is CC(C)N(C)CCNC(=O)Nc1cc(Cl)cc(C(=O)O)c1. The molecule has 0 fully saturated rings. The van der Waals surface area contributed by atoms with Gasteiger partial charge in [-0.05, 0) is 39.1 Å². The molecule has 0 spiro atoms. The highest BCUT2D eigenvalue weighted by atomic mass is 35.5. The Labute approximate surface area is 129 Å². The van der Waals surface area contributed by atoms with E-state index in [1.54, 1.807) is 0 Å². The van der Waals surface area contributed by atoms with E-state index in [1.165, 1.54) is 18.2 Å². The van der Waals surface area contributed by atoms with Crippen molar-refractivity contribution in [1.82, 2.24) is 10.2 Å². The molecule has 0 heterocycles. The maximum atomic E-state index is 11.7. The average Bonchev–Trinajstić information content (AvgIpc) is 2.37. The second-order valence-electron chi connectivity index (χ2n) is 4.99. The summed E-state index contributed by atoms with van der Waals surface area (Å²) in [6.07, 6.45) is 0. The normalized spacial score (nSPS) is 10.8. The molecule has 116 valence electrons. The van der Waals surface area contributed by atoms with Gasteiger partial charge in [-0.3, -0.25) is 0 Å². The van der Waals surface area contributed by atoms with Gasteiger partial charge in [0.15, 0.2) is 0 Å². The Hall–Kier alpha value is -1.79. The zero-order valence-electron chi connectivity index (χ0n) is 12.3. The predicted octanol–water partition coefficient (Wildman–Crippen LogP) is 2.50. The molecule has 0 aliphatic rings. The monoisotopic (exact) mass is 313 g/mol. The minimum Gasteiger partial charge on any atom is -0.478 e. The molecule has 3 N–H and O–H groups in total. The number of likely N-dealkylation sites (N-methyl/N-ethyl adjacent to an activating group) is 1. The average molecular weight is 314 g/mol. The molecule has 1 aromatic carbocycles. The van der Waals surface area contributed by atoms with E-state index in [-0.39, 0.29) is 10.6 Å². The molecule has 6 nitrogen and oxygen atoms in total. The summed E-state index contributed by atoms with van der Waals surface area (Å²) in [6.45, 7) is 5.35. The van der Waals surface area contributed by atoms with Gasteiger partial charge >= 0.3 is 12.0 Å². The quantitative estimate of drug-likeness (QED) is 0.753. The minimum atomic E-state index is -1.10. The van der Waals surface area contributed by atoms with Crippen LogP contribution in [-0.2, 0) is 0 Å². The lowest BCUT2D eigenvalue weighted by molar-refractivity contribution is 0.0697. The van der Waals surface area contributed by atoms with E-state index in [0.717, 1.165) is 6.54 Å². The summed E-state index contributed by atoms with van der Waals surface area (Å²) in [5.41, 5.74) is 0.368. The number of aromatic carboxylic acids is 1. The van der Waals surface area contributed by atoms with Crippen LogP contribution in [-0.4, -0.2) is 48.2 Å². The molecule has 1 rings (SSSR count). The molecule has 0 unspecified atom stereocenters. The third-order valence-corrected chi connectivity index (χ3v) is 3.25. The van der Waals surface area contributed by atoms with E-state index >= 15 is 0 Å². The van der Waals surface area contributed by atoms with E-state index in [1.807, 2.05) is 7.05 Å². The van der Waals surface area contributed by atoms with Gasteiger partial charge in [0, 0.05) is 29.8 Å². The number of urea groups is 1. The Kier molecular flexibility index (Phi) is 6.45. The lowest BCUT2D eigenvalue weighted by atomic mass is 10.2. The van der Waals surface area contributed by atoms with Gasteiger partial charge in [-0.15, -0.1) is 0 Å². The van der Waals surface area contributed by atoms with E-state index < -0.39 is 12.0 Å². The number of carboxylic acid groups (broad SMARTS) is 1. The van der Waals surface area contributed by atoms with Crippen molar-refractivity contribution in [1.29, 1.82) is 0 Å². The summed E-state index contributed by atoms with van der Waals surface area (Å²) in [5, 5.41) is 14.5. The number of hydrogen-bond acceptors (Lipinski definition) is 3. The topological polar surface area (TPSA) is 81.7 Å². The van der Waals surface area contributed by atoms with Crippen LogP contribution in [0, 0.1) is 0 Å². The van der Waals surface area contributed by atoms with Crippen molar-refractivity contribution in [3.63, 3.8) is 0 Å². The van der Waals surface area contributed by atoms with E-state index in [9.17, 15) is 9.59 Å². The number of hydrogen-bond donors (Lipinski definition) is 3. The summed E-state index contributed by atoms with van der Waals surface area (Å²) >= 11 is 5.82. The first-order chi connectivity index (χ1) is 9.79. The number of benzene rings is 1. The molecule has 21 heavy (non-hydrogen) atoms. The highest BCUT2D eigenvalue weighted by Gasteiger charge is 2.09. The van der Waals surface area contributed by atoms with Crippen LogP contribution >= 0.6 is 11.6 Å². The Morgan fingerprint density at radius 3 is 2.57 bits per heavy atom. The largest absolute Gasteiger partial charge is 0.478 e.